The predicted octanol–water partition coefficient (Wildman–Crippen LogP) is 3.09. The molecule has 1 aliphatic rings. The second kappa shape index (κ2) is 9.09. The standard InChI is InChI=1S/C16H28N2O6.C2H6/c1-14(2,3)23-12(20)17-16(11(19)22-7)8-9-18(10-16)13(21)24-15(4,5)6;1-2/h8-10H2,1-7H3,(H,17,20);1-2H3. The Labute approximate surface area is 156 Å². The van der Waals surface area contributed by atoms with Crippen LogP contribution in [0.15, 0.2) is 0 Å². The summed E-state index contributed by atoms with van der Waals surface area (Å²) in [6.45, 7) is 14.7. The third-order valence-electron chi connectivity index (χ3n) is 3.24. The molecule has 1 aliphatic heterocycles. The SMILES string of the molecule is CC.COC(=O)C1(NC(=O)OC(C)(C)C)CCN(C(=O)OC(C)(C)C)C1. The molecule has 1 atom stereocenters. The van der Waals surface area contributed by atoms with Gasteiger partial charge in [0.05, 0.1) is 13.7 Å². The molecule has 1 heterocycles. The molecule has 0 bridgehead atoms. The number of esters is 1. The highest BCUT2D eigenvalue weighted by atomic mass is 16.6. The van der Waals surface area contributed by atoms with Gasteiger partial charge in [0.2, 0.25) is 0 Å². The molecule has 0 aromatic carbocycles. The first-order chi connectivity index (χ1) is 11.8. The van der Waals surface area contributed by atoms with Crippen molar-refractivity contribution in [3.05, 3.63) is 0 Å². The summed E-state index contributed by atoms with van der Waals surface area (Å²) in [5.41, 5.74) is -2.69. The summed E-state index contributed by atoms with van der Waals surface area (Å²) in [5, 5.41) is 2.56. The number of amides is 2. The average Bonchev–Trinajstić information content (AvgIpc) is 2.90. The normalized spacial score (nSPS) is 19.8. The number of nitrogens with zero attached hydrogens (tertiary/aromatic N) is 1. The van der Waals surface area contributed by atoms with Gasteiger partial charge in [0.15, 0.2) is 5.54 Å². The van der Waals surface area contributed by atoms with Crippen molar-refractivity contribution in [1.29, 1.82) is 0 Å². The number of rotatable bonds is 2. The van der Waals surface area contributed by atoms with E-state index < -0.39 is 34.9 Å². The van der Waals surface area contributed by atoms with E-state index in [-0.39, 0.29) is 19.5 Å². The summed E-state index contributed by atoms with van der Waals surface area (Å²) in [5.74, 6) is -0.626. The van der Waals surface area contributed by atoms with Crippen molar-refractivity contribution in [1.82, 2.24) is 10.2 Å². The number of hydrogen-bond donors (Lipinski definition) is 1. The van der Waals surface area contributed by atoms with E-state index in [1.165, 1.54) is 12.0 Å². The average molecular weight is 374 g/mol. The van der Waals surface area contributed by atoms with Crippen molar-refractivity contribution >= 4 is 18.2 Å². The molecular weight excluding hydrogens is 340 g/mol. The van der Waals surface area contributed by atoms with Gasteiger partial charge in [-0.15, -0.1) is 0 Å². The Bertz CT molecular complexity index is 507. The quantitative estimate of drug-likeness (QED) is 0.590. The van der Waals surface area contributed by atoms with E-state index >= 15 is 0 Å². The molecule has 1 N–H and O–H groups in total. The summed E-state index contributed by atoms with van der Waals surface area (Å²) in [4.78, 5) is 37.8. The van der Waals surface area contributed by atoms with Gasteiger partial charge in [-0.3, -0.25) is 0 Å². The van der Waals surface area contributed by atoms with E-state index in [9.17, 15) is 14.4 Å². The van der Waals surface area contributed by atoms with Gasteiger partial charge in [0.25, 0.3) is 0 Å². The van der Waals surface area contributed by atoms with Crippen molar-refractivity contribution in [2.45, 2.75) is 78.6 Å². The summed E-state index contributed by atoms with van der Waals surface area (Å²) >= 11 is 0. The molecule has 1 unspecified atom stereocenters. The van der Waals surface area contributed by atoms with Crippen LogP contribution in [-0.2, 0) is 19.0 Å². The van der Waals surface area contributed by atoms with Gasteiger partial charge in [0.1, 0.15) is 11.2 Å². The third-order valence-corrected chi connectivity index (χ3v) is 3.24. The van der Waals surface area contributed by atoms with E-state index in [4.69, 9.17) is 14.2 Å². The van der Waals surface area contributed by atoms with Crippen LogP contribution in [0.25, 0.3) is 0 Å². The zero-order valence-corrected chi connectivity index (χ0v) is 17.5. The Morgan fingerprint density at radius 1 is 0.962 bits per heavy atom. The molecule has 8 heteroatoms. The molecule has 0 aromatic heterocycles. The lowest BCUT2D eigenvalue weighted by Crippen LogP contribution is -2.58. The lowest BCUT2D eigenvalue weighted by Gasteiger charge is -2.30. The minimum absolute atomic E-state index is 0.0339. The number of hydrogen-bond acceptors (Lipinski definition) is 6. The number of carbonyl (C=O) groups is 3. The number of ether oxygens (including phenoxy) is 3. The smallest absolute Gasteiger partial charge is 0.410 e. The van der Waals surface area contributed by atoms with Crippen LogP contribution in [0.5, 0.6) is 0 Å². The number of carbonyl (C=O) groups excluding carboxylic acids is 3. The topological polar surface area (TPSA) is 94.2 Å². The van der Waals surface area contributed by atoms with Crippen LogP contribution in [0.2, 0.25) is 0 Å². The lowest BCUT2D eigenvalue weighted by atomic mass is 9.99. The van der Waals surface area contributed by atoms with E-state index in [0.717, 1.165) is 0 Å². The Hall–Kier alpha value is -1.99. The van der Waals surface area contributed by atoms with Gasteiger partial charge in [-0.25, -0.2) is 14.4 Å². The molecule has 26 heavy (non-hydrogen) atoms. The molecule has 0 radical (unpaired) electrons. The summed E-state index contributed by atoms with van der Waals surface area (Å²) in [6.07, 6.45) is -1.06. The maximum Gasteiger partial charge on any atom is 0.410 e. The van der Waals surface area contributed by atoms with E-state index in [0.29, 0.717) is 0 Å². The monoisotopic (exact) mass is 374 g/mol. The van der Waals surface area contributed by atoms with Crippen molar-refractivity contribution < 1.29 is 28.6 Å². The zero-order chi connectivity index (χ0) is 20.8. The maximum atomic E-state index is 12.2. The maximum absolute atomic E-state index is 12.2. The minimum Gasteiger partial charge on any atom is -0.467 e. The number of alkyl carbamates (subject to hydrolysis) is 1. The fourth-order valence-corrected chi connectivity index (χ4v) is 2.31. The molecular formula is C18H34N2O6. The fraction of sp³-hybridized carbons (Fsp3) is 0.833. The van der Waals surface area contributed by atoms with Gasteiger partial charge < -0.3 is 24.4 Å². The van der Waals surface area contributed by atoms with Crippen molar-refractivity contribution in [3.8, 4) is 0 Å². The molecule has 0 saturated carbocycles. The lowest BCUT2D eigenvalue weighted by molar-refractivity contribution is -0.148. The molecule has 0 spiro atoms. The second-order valence-corrected chi connectivity index (χ2v) is 7.85. The van der Waals surface area contributed by atoms with Crippen LogP contribution in [0.1, 0.15) is 61.8 Å². The molecule has 1 fully saturated rings. The number of likely N-dealkylation sites (tertiary alicyclic amines) is 1. The third kappa shape index (κ3) is 7.49. The Morgan fingerprint density at radius 2 is 1.46 bits per heavy atom. The summed E-state index contributed by atoms with van der Waals surface area (Å²) in [6, 6.07) is 0. The number of nitrogens with one attached hydrogen (secondary N) is 1. The van der Waals surface area contributed by atoms with Gasteiger partial charge in [0, 0.05) is 13.0 Å². The van der Waals surface area contributed by atoms with Crippen LogP contribution in [0.3, 0.4) is 0 Å². The van der Waals surface area contributed by atoms with Crippen molar-refractivity contribution in [3.63, 3.8) is 0 Å². The van der Waals surface area contributed by atoms with Gasteiger partial charge in [-0.1, -0.05) is 13.8 Å². The first kappa shape index (κ1) is 24.0. The molecule has 0 aromatic rings. The van der Waals surface area contributed by atoms with Gasteiger partial charge >= 0.3 is 18.2 Å². The van der Waals surface area contributed by atoms with Gasteiger partial charge in [-0.05, 0) is 41.5 Å². The van der Waals surface area contributed by atoms with E-state index in [2.05, 4.69) is 5.32 Å². The fourth-order valence-electron chi connectivity index (χ4n) is 2.31. The molecule has 1 saturated heterocycles. The highest BCUT2D eigenvalue weighted by Gasteiger charge is 2.49. The first-order valence-corrected chi connectivity index (χ1v) is 8.85. The van der Waals surface area contributed by atoms with Crippen LogP contribution in [0, 0.1) is 0 Å². The van der Waals surface area contributed by atoms with Crippen molar-refractivity contribution in [2.24, 2.45) is 0 Å². The highest BCUT2D eigenvalue weighted by Crippen LogP contribution is 2.25. The second-order valence-electron chi connectivity index (χ2n) is 7.85. The van der Waals surface area contributed by atoms with Crippen LogP contribution in [-0.4, -0.2) is 60.0 Å². The summed E-state index contributed by atoms with van der Waals surface area (Å²) < 4.78 is 15.3. The molecule has 8 nitrogen and oxygen atoms in total. The Morgan fingerprint density at radius 3 is 1.88 bits per heavy atom. The Kier molecular flexibility index (Phi) is 8.40. The molecule has 1 rings (SSSR count). The van der Waals surface area contributed by atoms with E-state index in [1.54, 1.807) is 41.5 Å². The van der Waals surface area contributed by atoms with Crippen LogP contribution >= 0.6 is 0 Å². The van der Waals surface area contributed by atoms with Crippen molar-refractivity contribution in [2.75, 3.05) is 20.2 Å². The molecule has 2 amide bonds. The van der Waals surface area contributed by atoms with Crippen LogP contribution < -0.4 is 5.32 Å². The largest absolute Gasteiger partial charge is 0.467 e. The molecule has 152 valence electrons. The zero-order valence-electron chi connectivity index (χ0n) is 17.5. The first-order valence-electron chi connectivity index (χ1n) is 8.85. The van der Waals surface area contributed by atoms with E-state index in [1.807, 2.05) is 13.8 Å². The highest BCUT2D eigenvalue weighted by molar-refractivity contribution is 5.87. The van der Waals surface area contributed by atoms with Crippen LogP contribution in [0.4, 0.5) is 9.59 Å². The number of methoxy groups -OCH3 is 1. The minimum atomic E-state index is -1.34. The summed E-state index contributed by atoms with van der Waals surface area (Å²) in [7, 11) is 1.23. The Balaban J connectivity index is 0.00000301. The van der Waals surface area contributed by atoms with Gasteiger partial charge in [-0.2, -0.15) is 0 Å². The predicted molar refractivity (Wildman–Crippen MR) is 97.9 cm³/mol. The molecule has 0 aliphatic carbocycles.